The van der Waals surface area contributed by atoms with Crippen LogP contribution in [-0.4, -0.2) is 16.5 Å². The Labute approximate surface area is 102 Å². The molecule has 1 aromatic rings. The third-order valence-corrected chi connectivity index (χ3v) is 4.14. The molecule has 0 spiro atoms. The zero-order valence-corrected chi connectivity index (χ0v) is 11.1. The predicted molar refractivity (Wildman–Crippen MR) is 72.7 cm³/mol. The summed E-state index contributed by atoms with van der Waals surface area (Å²) in [6.07, 6.45) is 0. The van der Waals surface area contributed by atoms with Crippen molar-refractivity contribution in [2.75, 3.05) is 0 Å². The Balaban J connectivity index is 2.23. The second-order valence-corrected chi connectivity index (χ2v) is 5.83. The molecule has 2 rings (SSSR count). The summed E-state index contributed by atoms with van der Waals surface area (Å²) in [6, 6.07) is 6.88. The van der Waals surface area contributed by atoms with Crippen molar-refractivity contribution in [3.05, 3.63) is 29.3 Å². The Morgan fingerprint density at radius 1 is 1.25 bits per heavy atom. The Bertz CT molecular complexity index is 414. The average Bonchev–Trinajstić information content (AvgIpc) is 2.51. The Kier molecular flexibility index (Phi) is 3.24. The molecule has 1 heterocycles. The number of thioether (sulfide) groups is 1. The second-order valence-electron chi connectivity index (χ2n) is 4.46. The summed E-state index contributed by atoms with van der Waals surface area (Å²) < 4.78 is 0. The maximum Gasteiger partial charge on any atom is 0.162 e. The zero-order valence-electron chi connectivity index (χ0n) is 10.2. The van der Waals surface area contributed by atoms with Crippen molar-refractivity contribution in [1.29, 1.82) is 0 Å². The predicted octanol–water partition coefficient (Wildman–Crippen LogP) is 3.40. The molecule has 0 bridgehead atoms. The quantitative estimate of drug-likeness (QED) is 0.805. The summed E-state index contributed by atoms with van der Waals surface area (Å²) in [7, 11) is 0. The van der Waals surface area contributed by atoms with E-state index in [4.69, 9.17) is 0 Å². The van der Waals surface area contributed by atoms with Gasteiger partial charge in [-0.25, -0.2) is 4.99 Å². The summed E-state index contributed by atoms with van der Waals surface area (Å²) in [5.41, 5.74) is 3.60. The number of nitrogens with zero attached hydrogens (tertiary/aromatic N) is 1. The third kappa shape index (κ3) is 2.40. The fourth-order valence-electron chi connectivity index (χ4n) is 1.72. The molecule has 0 amide bonds. The van der Waals surface area contributed by atoms with Gasteiger partial charge in [0, 0.05) is 11.3 Å². The maximum absolute atomic E-state index is 4.67. The van der Waals surface area contributed by atoms with Crippen LogP contribution in [0.25, 0.3) is 0 Å². The monoisotopic (exact) mass is 234 g/mol. The number of benzene rings is 1. The van der Waals surface area contributed by atoms with E-state index in [0.717, 1.165) is 10.9 Å². The lowest BCUT2D eigenvalue weighted by molar-refractivity contribution is 0.679. The molecular formula is C13H18N2S. The molecule has 3 heteroatoms. The van der Waals surface area contributed by atoms with Crippen molar-refractivity contribution in [3.63, 3.8) is 0 Å². The van der Waals surface area contributed by atoms with Gasteiger partial charge in [-0.3, -0.25) is 0 Å². The summed E-state index contributed by atoms with van der Waals surface area (Å²) >= 11 is 1.82. The van der Waals surface area contributed by atoms with Crippen LogP contribution in [-0.2, 0) is 0 Å². The molecule has 0 radical (unpaired) electrons. The lowest BCUT2D eigenvalue weighted by Gasteiger charge is -2.05. The average molecular weight is 234 g/mol. The number of rotatable bonds is 1. The van der Waals surface area contributed by atoms with Crippen LogP contribution < -0.4 is 5.32 Å². The van der Waals surface area contributed by atoms with E-state index in [1.165, 1.54) is 11.1 Å². The van der Waals surface area contributed by atoms with E-state index in [9.17, 15) is 0 Å². The van der Waals surface area contributed by atoms with Gasteiger partial charge < -0.3 is 5.32 Å². The van der Waals surface area contributed by atoms with E-state index in [-0.39, 0.29) is 0 Å². The van der Waals surface area contributed by atoms with Crippen LogP contribution in [0.1, 0.15) is 25.0 Å². The minimum atomic E-state index is 0.509. The van der Waals surface area contributed by atoms with E-state index in [2.05, 4.69) is 56.2 Å². The third-order valence-electron chi connectivity index (χ3n) is 2.93. The van der Waals surface area contributed by atoms with Gasteiger partial charge in [-0.15, -0.1) is 0 Å². The van der Waals surface area contributed by atoms with Gasteiger partial charge in [-0.05, 0) is 32.4 Å². The van der Waals surface area contributed by atoms with E-state index < -0.39 is 0 Å². The highest BCUT2D eigenvalue weighted by Gasteiger charge is 2.24. The number of amidine groups is 1. The molecule has 1 fully saturated rings. The Morgan fingerprint density at radius 2 is 2.00 bits per heavy atom. The van der Waals surface area contributed by atoms with Gasteiger partial charge in [-0.1, -0.05) is 36.4 Å². The number of aryl methyl sites for hydroxylation is 2. The molecule has 16 heavy (non-hydrogen) atoms. The van der Waals surface area contributed by atoms with Crippen LogP contribution in [0, 0.1) is 13.8 Å². The molecule has 2 nitrogen and oxygen atoms in total. The van der Waals surface area contributed by atoms with Crippen molar-refractivity contribution < 1.29 is 0 Å². The molecule has 1 N–H and O–H groups in total. The molecule has 1 saturated heterocycles. The molecule has 0 aliphatic carbocycles. The summed E-state index contributed by atoms with van der Waals surface area (Å²) in [5, 5.41) is 5.06. The first-order chi connectivity index (χ1) is 7.56. The second kappa shape index (κ2) is 4.50. The van der Waals surface area contributed by atoms with E-state index in [0.29, 0.717) is 11.3 Å². The van der Waals surface area contributed by atoms with E-state index in [1.807, 2.05) is 11.8 Å². The number of aliphatic imine (C=N–C) groups is 1. The maximum atomic E-state index is 4.67. The fraction of sp³-hybridized carbons (Fsp3) is 0.462. The van der Waals surface area contributed by atoms with Crippen LogP contribution in [0.4, 0.5) is 5.69 Å². The smallest absolute Gasteiger partial charge is 0.162 e. The van der Waals surface area contributed by atoms with Crippen molar-refractivity contribution in [2.45, 2.75) is 39.0 Å². The fourth-order valence-corrected chi connectivity index (χ4v) is 2.75. The van der Waals surface area contributed by atoms with Crippen LogP contribution >= 0.6 is 11.8 Å². The number of hydrogen-bond donors (Lipinski definition) is 1. The Morgan fingerprint density at radius 3 is 2.56 bits per heavy atom. The van der Waals surface area contributed by atoms with Crippen molar-refractivity contribution in [2.24, 2.45) is 4.99 Å². The molecule has 2 atom stereocenters. The highest BCUT2D eigenvalue weighted by atomic mass is 32.2. The first-order valence-electron chi connectivity index (χ1n) is 5.65. The van der Waals surface area contributed by atoms with E-state index in [1.54, 1.807) is 0 Å². The normalized spacial score (nSPS) is 27.1. The molecule has 0 aromatic heterocycles. The number of hydrogen-bond acceptors (Lipinski definition) is 2. The summed E-state index contributed by atoms with van der Waals surface area (Å²) in [5.74, 6) is 0. The van der Waals surface area contributed by atoms with Crippen LogP contribution in [0.15, 0.2) is 23.2 Å². The van der Waals surface area contributed by atoms with Crippen LogP contribution in [0.3, 0.4) is 0 Å². The molecule has 86 valence electrons. The van der Waals surface area contributed by atoms with Gasteiger partial charge >= 0.3 is 0 Å². The first-order valence-corrected chi connectivity index (χ1v) is 6.53. The lowest BCUT2D eigenvalue weighted by Crippen LogP contribution is -2.26. The highest BCUT2D eigenvalue weighted by molar-refractivity contribution is 8.14. The molecule has 1 aliphatic rings. The van der Waals surface area contributed by atoms with E-state index >= 15 is 0 Å². The van der Waals surface area contributed by atoms with Crippen molar-refractivity contribution in [1.82, 2.24) is 5.32 Å². The Hall–Kier alpha value is -0.960. The van der Waals surface area contributed by atoms with Gasteiger partial charge in [-0.2, -0.15) is 0 Å². The topological polar surface area (TPSA) is 24.4 Å². The molecule has 2 unspecified atom stereocenters. The minimum Gasteiger partial charge on any atom is -0.361 e. The zero-order chi connectivity index (χ0) is 11.7. The van der Waals surface area contributed by atoms with Crippen molar-refractivity contribution in [3.8, 4) is 0 Å². The SMILES string of the molecule is Cc1ccc(N=C2NC(C)C(C)S2)c(C)c1. The molecular weight excluding hydrogens is 216 g/mol. The summed E-state index contributed by atoms with van der Waals surface area (Å²) in [6.45, 7) is 8.64. The van der Waals surface area contributed by atoms with Gasteiger partial charge in [0.1, 0.15) is 0 Å². The van der Waals surface area contributed by atoms with Gasteiger partial charge in [0.05, 0.1) is 5.69 Å². The molecule has 1 aromatic carbocycles. The largest absolute Gasteiger partial charge is 0.361 e. The number of nitrogens with one attached hydrogen (secondary N) is 1. The highest BCUT2D eigenvalue weighted by Crippen LogP contribution is 2.27. The van der Waals surface area contributed by atoms with Gasteiger partial charge in [0.25, 0.3) is 0 Å². The first kappa shape index (κ1) is 11.5. The van der Waals surface area contributed by atoms with Gasteiger partial charge in [0.15, 0.2) is 5.17 Å². The lowest BCUT2D eigenvalue weighted by atomic mass is 10.1. The van der Waals surface area contributed by atoms with Crippen LogP contribution in [0.2, 0.25) is 0 Å². The van der Waals surface area contributed by atoms with Crippen LogP contribution in [0.5, 0.6) is 0 Å². The van der Waals surface area contributed by atoms with Gasteiger partial charge in [0.2, 0.25) is 0 Å². The molecule has 1 aliphatic heterocycles. The standard InChI is InChI=1S/C13H18N2S/c1-8-5-6-12(9(2)7-8)15-13-14-10(3)11(4)16-13/h5-7,10-11H,1-4H3,(H,14,15). The molecule has 0 saturated carbocycles. The summed E-state index contributed by atoms with van der Waals surface area (Å²) in [4.78, 5) is 4.67. The minimum absolute atomic E-state index is 0.509. The van der Waals surface area contributed by atoms with Crippen molar-refractivity contribution >= 4 is 22.6 Å².